The molecule has 0 aliphatic carbocycles. The van der Waals surface area contributed by atoms with Crippen LogP contribution in [0.5, 0.6) is 0 Å². The van der Waals surface area contributed by atoms with Crippen LogP contribution in [0, 0.1) is 5.92 Å². The van der Waals surface area contributed by atoms with Crippen LogP contribution in [0.15, 0.2) is 0 Å². The van der Waals surface area contributed by atoms with E-state index in [1.807, 2.05) is 0 Å². The Labute approximate surface area is 118 Å². The van der Waals surface area contributed by atoms with Crippen LogP contribution in [0.2, 0.25) is 0 Å². The SMILES string of the molecule is CCNC(=O)C1CC(C(=O)O)N(C(=O)OC(C)(C)C)C1. The number of ether oxygens (including phenoxy) is 1. The Morgan fingerprint density at radius 2 is 1.95 bits per heavy atom. The molecule has 0 aromatic carbocycles. The Balaban J connectivity index is 2.80. The number of rotatable bonds is 3. The summed E-state index contributed by atoms with van der Waals surface area (Å²) in [6.45, 7) is 7.44. The van der Waals surface area contributed by atoms with Crippen molar-refractivity contribution >= 4 is 18.0 Å². The fourth-order valence-electron chi connectivity index (χ4n) is 2.10. The van der Waals surface area contributed by atoms with E-state index in [9.17, 15) is 19.5 Å². The van der Waals surface area contributed by atoms with Crippen molar-refractivity contribution < 1.29 is 24.2 Å². The van der Waals surface area contributed by atoms with Crippen molar-refractivity contribution in [2.45, 2.75) is 45.8 Å². The molecule has 1 saturated heterocycles. The second kappa shape index (κ2) is 6.11. The van der Waals surface area contributed by atoms with E-state index in [0.29, 0.717) is 6.54 Å². The van der Waals surface area contributed by atoms with Gasteiger partial charge >= 0.3 is 12.1 Å². The molecule has 20 heavy (non-hydrogen) atoms. The number of carboxylic acids is 1. The number of amides is 2. The minimum absolute atomic E-state index is 0.0672. The zero-order valence-electron chi connectivity index (χ0n) is 12.3. The number of carboxylic acid groups (broad SMARTS) is 1. The largest absolute Gasteiger partial charge is 0.480 e. The van der Waals surface area contributed by atoms with Gasteiger partial charge in [-0.2, -0.15) is 0 Å². The van der Waals surface area contributed by atoms with E-state index in [2.05, 4.69) is 5.32 Å². The summed E-state index contributed by atoms with van der Waals surface area (Å²) in [6.07, 6.45) is -0.586. The molecule has 114 valence electrons. The number of carbonyl (C=O) groups excluding carboxylic acids is 2. The maximum absolute atomic E-state index is 12.0. The minimum atomic E-state index is -1.12. The average Bonchev–Trinajstić information content (AvgIpc) is 2.71. The van der Waals surface area contributed by atoms with Crippen LogP contribution in [0.4, 0.5) is 4.79 Å². The van der Waals surface area contributed by atoms with Crippen molar-refractivity contribution in [3.05, 3.63) is 0 Å². The standard InChI is InChI=1S/C13H22N2O5/c1-5-14-10(16)8-6-9(11(17)18)15(7-8)12(19)20-13(2,3)4/h8-9H,5-7H2,1-4H3,(H,14,16)(H,17,18). The second-order valence-electron chi connectivity index (χ2n) is 5.81. The average molecular weight is 286 g/mol. The van der Waals surface area contributed by atoms with E-state index >= 15 is 0 Å². The Morgan fingerprint density at radius 1 is 1.35 bits per heavy atom. The van der Waals surface area contributed by atoms with E-state index in [1.54, 1.807) is 27.7 Å². The van der Waals surface area contributed by atoms with Gasteiger partial charge in [-0.3, -0.25) is 9.69 Å². The van der Waals surface area contributed by atoms with Crippen LogP contribution < -0.4 is 5.32 Å². The van der Waals surface area contributed by atoms with Gasteiger partial charge in [0.05, 0.1) is 5.92 Å². The predicted molar refractivity (Wildman–Crippen MR) is 71.2 cm³/mol. The highest BCUT2D eigenvalue weighted by Crippen LogP contribution is 2.26. The molecule has 1 rings (SSSR count). The first-order valence-electron chi connectivity index (χ1n) is 6.66. The maximum atomic E-state index is 12.0. The van der Waals surface area contributed by atoms with Gasteiger partial charge in [-0.05, 0) is 34.1 Å². The number of nitrogens with zero attached hydrogens (tertiary/aromatic N) is 1. The molecule has 7 nitrogen and oxygen atoms in total. The second-order valence-corrected chi connectivity index (χ2v) is 5.81. The lowest BCUT2D eigenvalue weighted by Crippen LogP contribution is -2.43. The van der Waals surface area contributed by atoms with Gasteiger partial charge in [0.15, 0.2) is 0 Å². The smallest absolute Gasteiger partial charge is 0.411 e. The summed E-state index contributed by atoms with van der Waals surface area (Å²) < 4.78 is 5.18. The third kappa shape index (κ3) is 4.11. The van der Waals surface area contributed by atoms with Gasteiger partial charge in [-0.1, -0.05) is 0 Å². The van der Waals surface area contributed by atoms with Gasteiger partial charge in [0.2, 0.25) is 5.91 Å². The van der Waals surface area contributed by atoms with Crippen LogP contribution in [-0.4, -0.2) is 52.7 Å². The summed E-state index contributed by atoms with van der Waals surface area (Å²) in [5.41, 5.74) is -0.704. The van der Waals surface area contributed by atoms with Gasteiger partial charge in [0.1, 0.15) is 11.6 Å². The lowest BCUT2D eigenvalue weighted by molar-refractivity contribution is -0.142. The third-order valence-electron chi connectivity index (χ3n) is 2.94. The summed E-state index contributed by atoms with van der Waals surface area (Å²) in [6, 6.07) is -1.02. The summed E-state index contributed by atoms with van der Waals surface area (Å²) in [5, 5.41) is 11.8. The highest BCUT2D eigenvalue weighted by molar-refractivity contribution is 5.85. The lowest BCUT2D eigenvalue weighted by atomic mass is 10.1. The molecule has 0 radical (unpaired) electrons. The number of hydrogen-bond donors (Lipinski definition) is 2. The number of aliphatic carboxylic acids is 1. The summed E-state index contributed by atoms with van der Waals surface area (Å²) >= 11 is 0. The molecule has 0 aromatic rings. The van der Waals surface area contributed by atoms with Crippen LogP contribution in [0.25, 0.3) is 0 Å². The molecule has 0 saturated carbocycles. The molecular weight excluding hydrogens is 264 g/mol. The van der Waals surface area contributed by atoms with Gasteiger partial charge in [-0.25, -0.2) is 9.59 Å². The van der Waals surface area contributed by atoms with Gasteiger partial charge in [-0.15, -0.1) is 0 Å². The topological polar surface area (TPSA) is 95.9 Å². The van der Waals surface area contributed by atoms with Crippen molar-refractivity contribution in [3.8, 4) is 0 Å². The molecule has 0 aromatic heterocycles. The molecule has 2 N–H and O–H groups in total. The van der Waals surface area contributed by atoms with Gasteiger partial charge in [0.25, 0.3) is 0 Å². The Bertz CT molecular complexity index is 402. The Hall–Kier alpha value is -1.79. The molecule has 2 amide bonds. The Kier molecular flexibility index (Phi) is 4.97. The fraction of sp³-hybridized carbons (Fsp3) is 0.769. The van der Waals surface area contributed by atoms with Crippen LogP contribution in [-0.2, 0) is 14.3 Å². The summed E-state index contributed by atoms with van der Waals surface area (Å²) in [4.78, 5) is 36.1. The molecule has 1 fully saturated rings. The normalized spacial score (nSPS) is 22.5. The van der Waals surface area contributed by atoms with E-state index < -0.39 is 29.6 Å². The maximum Gasteiger partial charge on any atom is 0.411 e. The van der Waals surface area contributed by atoms with Crippen LogP contribution in [0.1, 0.15) is 34.1 Å². The van der Waals surface area contributed by atoms with Gasteiger partial charge in [0, 0.05) is 13.1 Å². The van der Waals surface area contributed by atoms with Crippen molar-refractivity contribution in [3.63, 3.8) is 0 Å². The van der Waals surface area contributed by atoms with E-state index in [0.717, 1.165) is 4.90 Å². The zero-order chi connectivity index (χ0) is 15.5. The quantitative estimate of drug-likeness (QED) is 0.801. The first-order valence-corrected chi connectivity index (χ1v) is 6.66. The van der Waals surface area contributed by atoms with Crippen molar-refractivity contribution in [2.75, 3.05) is 13.1 Å². The van der Waals surface area contributed by atoms with Crippen LogP contribution in [0.3, 0.4) is 0 Å². The van der Waals surface area contributed by atoms with Crippen molar-refractivity contribution in [2.24, 2.45) is 5.92 Å². The summed E-state index contributed by atoms with van der Waals surface area (Å²) in [5.74, 6) is -1.86. The molecule has 7 heteroatoms. The Morgan fingerprint density at radius 3 is 2.40 bits per heavy atom. The van der Waals surface area contributed by atoms with E-state index in [4.69, 9.17) is 4.74 Å². The lowest BCUT2D eigenvalue weighted by Gasteiger charge is -2.26. The highest BCUT2D eigenvalue weighted by atomic mass is 16.6. The van der Waals surface area contributed by atoms with Crippen molar-refractivity contribution in [1.82, 2.24) is 10.2 Å². The fourth-order valence-corrected chi connectivity index (χ4v) is 2.10. The number of likely N-dealkylation sites (tertiary alicyclic amines) is 1. The molecule has 0 bridgehead atoms. The molecule has 1 aliphatic rings. The van der Waals surface area contributed by atoms with Crippen LogP contribution >= 0.6 is 0 Å². The molecule has 1 aliphatic heterocycles. The third-order valence-corrected chi connectivity index (χ3v) is 2.94. The van der Waals surface area contributed by atoms with E-state index in [-0.39, 0.29) is 18.9 Å². The number of hydrogen-bond acceptors (Lipinski definition) is 4. The number of carbonyl (C=O) groups is 3. The molecule has 2 unspecified atom stereocenters. The van der Waals surface area contributed by atoms with Crippen molar-refractivity contribution in [1.29, 1.82) is 0 Å². The molecule has 0 spiro atoms. The zero-order valence-corrected chi connectivity index (χ0v) is 12.3. The number of nitrogens with one attached hydrogen (secondary N) is 1. The summed E-state index contributed by atoms with van der Waals surface area (Å²) in [7, 11) is 0. The van der Waals surface area contributed by atoms with E-state index in [1.165, 1.54) is 0 Å². The molecule has 1 heterocycles. The minimum Gasteiger partial charge on any atom is -0.480 e. The molecular formula is C13H22N2O5. The van der Waals surface area contributed by atoms with Gasteiger partial charge < -0.3 is 15.2 Å². The first kappa shape index (κ1) is 16.3. The molecule has 2 atom stereocenters. The predicted octanol–water partition coefficient (Wildman–Crippen LogP) is 0.833. The monoisotopic (exact) mass is 286 g/mol. The first-order chi connectivity index (χ1) is 9.15. The highest BCUT2D eigenvalue weighted by Gasteiger charge is 2.43.